The molecule has 1 unspecified atom stereocenters. The second-order valence-corrected chi connectivity index (χ2v) is 2.36. The number of carbonyl (C=O) groups excluding carboxylic acids is 1. The summed E-state index contributed by atoms with van der Waals surface area (Å²) in [5.41, 5.74) is 0. The number of Topliss-reactive ketones (excluding diaryl/α,β-unsaturated/α-hetero) is 1. The predicted molar refractivity (Wildman–Crippen MR) is 46.1 cm³/mol. The molecule has 9 heavy (non-hydrogen) atoms. The summed E-state index contributed by atoms with van der Waals surface area (Å²) in [6.07, 6.45) is 0.591. The van der Waals surface area contributed by atoms with Crippen molar-refractivity contribution >= 4 is 41.0 Å². The standard InChI is InChI=1S/C6H8OS2/c1-5(7)6(4-9)2-3-8/h3-4,6H,2H2,1H3. The van der Waals surface area contributed by atoms with E-state index in [0.29, 0.717) is 6.42 Å². The minimum Gasteiger partial charge on any atom is -0.299 e. The Labute approximate surface area is 65.4 Å². The van der Waals surface area contributed by atoms with Crippen molar-refractivity contribution in [1.82, 2.24) is 0 Å². The Hall–Kier alpha value is -0.150. The van der Waals surface area contributed by atoms with Crippen LogP contribution in [0.25, 0.3) is 0 Å². The Kier molecular flexibility index (Phi) is 4.62. The SMILES string of the molecule is CC(=O)C(C=S)CC=S. The van der Waals surface area contributed by atoms with Gasteiger partial charge in [-0.15, -0.1) is 0 Å². The fraction of sp³-hybridized carbons (Fsp3) is 0.500. The van der Waals surface area contributed by atoms with Crippen molar-refractivity contribution in [3.8, 4) is 0 Å². The lowest BCUT2D eigenvalue weighted by Crippen LogP contribution is -2.10. The molecular formula is C6H8OS2. The molecule has 0 fully saturated rings. The van der Waals surface area contributed by atoms with E-state index in [1.807, 2.05) is 0 Å². The first-order valence-electron chi connectivity index (χ1n) is 2.61. The van der Waals surface area contributed by atoms with Crippen molar-refractivity contribution in [2.75, 3.05) is 0 Å². The van der Waals surface area contributed by atoms with E-state index < -0.39 is 0 Å². The van der Waals surface area contributed by atoms with Crippen LogP contribution in [-0.2, 0) is 4.79 Å². The van der Waals surface area contributed by atoms with E-state index in [1.165, 1.54) is 17.7 Å². The molecule has 0 N–H and O–H groups in total. The molecule has 0 aliphatic rings. The molecule has 0 aromatic carbocycles. The molecular weight excluding hydrogens is 152 g/mol. The maximum atomic E-state index is 10.6. The highest BCUT2D eigenvalue weighted by Crippen LogP contribution is 1.98. The smallest absolute Gasteiger partial charge is 0.137 e. The van der Waals surface area contributed by atoms with Gasteiger partial charge in [0, 0.05) is 5.92 Å². The molecule has 0 saturated carbocycles. The van der Waals surface area contributed by atoms with Gasteiger partial charge in [0.15, 0.2) is 0 Å². The van der Waals surface area contributed by atoms with Gasteiger partial charge in [-0.25, -0.2) is 0 Å². The van der Waals surface area contributed by atoms with Crippen molar-refractivity contribution in [1.29, 1.82) is 0 Å². The number of carbonyl (C=O) groups is 1. The zero-order chi connectivity index (χ0) is 7.28. The van der Waals surface area contributed by atoms with Gasteiger partial charge in [0.05, 0.1) is 0 Å². The topological polar surface area (TPSA) is 17.1 Å². The Morgan fingerprint density at radius 3 is 2.33 bits per heavy atom. The molecule has 1 atom stereocenters. The average molecular weight is 160 g/mol. The Balaban J connectivity index is 3.81. The highest BCUT2D eigenvalue weighted by Gasteiger charge is 2.06. The minimum atomic E-state index is -0.141. The number of ketones is 1. The summed E-state index contributed by atoms with van der Waals surface area (Å²) >= 11 is 9.17. The molecule has 0 amide bonds. The molecule has 0 aliphatic carbocycles. The third-order valence-corrected chi connectivity index (χ3v) is 1.56. The molecule has 0 aliphatic heterocycles. The van der Waals surface area contributed by atoms with Gasteiger partial charge in [-0.2, -0.15) is 0 Å². The fourth-order valence-corrected chi connectivity index (χ4v) is 0.931. The molecule has 0 radical (unpaired) electrons. The maximum absolute atomic E-state index is 10.6. The zero-order valence-electron chi connectivity index (χ0n) is 5.16. The van der Waals surface area contributed by atoms with E-state index in [0.717, 1.165) is 0 Å². The van der Waals surface area contributed by atoms with Gasteiger partial charge in [0.25, 0.3) is 0 Å². The van der Waals surface area contributed by atoms with Gasteiger partial charge >= 0.3 is 0 Å². The Morgan fingerprint density at radius 2 is 2.22 bits per heavy atom. The molecule has 0 bridgehead atoms. The summed E-state index contributed by atoms with van der Waals surface area (Å²) in [7, 11) is 0. The second-order valence-electron chi connectivity index (χ2n) is 1.76. The van der Waals surface area contributed by atoms with Crippen molar-refractivity contribution in [2.24, 2.45) is 5.92 Å². The highest BCUT2D eigenvalue weighted by molar-refractivity contribution is 7.79. The first kappa shape index (κ1) is 8.85. The zero-order valence-corrected chi connectivity index (χ0v) is 6.80. The number of hydrogen-bond donors (Lipinski definition) is 0. The summed E-state index contributed by atoms with van der Waals surface area (Å²) in [6, 6.07) is 0. The lowest BCUT2D eigenvalue weighted by Gasteiger charge is -1.99. The van der Waals surface area contributed by atoms with E-state index in [4.69, 9.17) is 0 Å². The van der Waals surface area contributed by atoms with Gasteiger partial charge in [0.2, 0.25) is 0 Å². The molecule has 50 valence electrons. The third-order valence-electron chi connectivity index (χ3n) is 1.04. The molecule has 0 spiro atoms. The van der Waals surface area contributed by atoms with Crippen LogP contribution in [0.5, 0.6) is 0 Å². The van der Waals surface area contributed by atoms with Crippen LogP contribution in [0, 0.1) is 5.92 Å². The lowest BCUT2D eigenvalue weighted by molar-refractivity contribution is -0.118. The predicted octanol–water partition coefficient (Wildman–Crippen LogP) is 1.58. The second kappa shape index (κ2) is 4.70. The first-order chi connectivity index (χ1) is 4.22. The van der Waals surface area contributed by atoms with Gasteiger partial charge < -0.3 is 0 Å². The quantitative estimate of drug-likeness (QED) is 0.581. The van der Waals surface area contributed by atoms with E-state index >= 15 is 0 Å². The highest BCUT2D eigenvalue weighted by atomic mass is 32.1. The minimum absolute atomic E-state index is 0.0890. The molecule has 0 aromatic heterocycles. The lowest BCUT2D eigenvalue weighted by atomic mass is 10.1. The van der Waals surface area contributed by atoms with Crippen molar-refractivity contribution in [3.05, 3.63) is 0 Å². The summed E-state index contributed by atoms with van der Waals surface area (Å²) < 4.78 is 0. The van der Waals surface area contributed by atoms with Crippen molar-refractivity contribution in [3.63, 3.8) is 0 Å². The summed E-state index contributed by atoms with van der Waals surface area (Å²) in [4.78, 5) is 10.6. The van der Waals surface area contributed by atoms with Crippen LogP contribution in [0.2, 0.25) is 0 Å². The third kappa shape index (κ3) is 3.43. The summed E-state index contributed by atoms with van der Waals surface area (Å²) in [5, 5.41) is 3.00. The average Bonchev–Trinajstić information content (AvgIpc) is 1.82. The van der Waals surface area contributed by atoms with E-state index in [-0.39, 0.29) is 11.7 Å². The molecule has 0 rings (SSSR count). The van der Waals surface area contributed by atoms with Crippen LogP contribution >= 0.6 is 24.4 Å². The monoisotopic (exact) mass is 160 g/mol. The Bertz CT molecular complexity index is 131. The largest absolute Gasteiger partial charge is 0.299 e. The van der Waals surface area contributed by atoms with Crippen LogP contribution in [0.3, 0.4) is 0 Å². The van der Waals surface area contributed by atoms with Crippen molar-refractivity contribution in [2.45, 2.75) is 13.3 Å². The van der Waals surface area contributed by atoms with Crippen LogP contribution in [0.4, 0.5) is 0 Å². The maximum Gasteiger partial charge on any atom is 0.137 e. The summed E-state index contributed by atoms with van der Waals surface area (Å²) in [6.45, 7) is 1.52. The normalized spacial score (nSPS) is 12.1. The van der Waals surface area contributed by atoms with Gasteiger partial charge in [0.1, 0.15) is 5.78 Å². The van der Waals surface area contributed by atoms with Gasteiger partial charge in [-0.1, -0.05) is 24.4 Å². The van der Waals surface area contributed by atoms with Crippen molar-refractivity contribution < 1.29 is 4.79 Å². The number of hydrogen-bond acceptors (Lipinski definition) is 3. The molecule has 1 nitrogen and oxygen atoms in total. The molecule has 0 aromatic rings. The van der Waals surface area contributed by atoms with E-state index in [9.17, 15) is 4.79 Å². The van der Waals surface area contributed by atoms with Crippen LogP contribution in [-0.4, -0.2) is 16.5 Å². The number of thiocarbonyl (C=S) groups is 2. The Morgan fingerprint density at radius 1 is 1.67 bits per heavy atom. The number of rotatable bonds is 4. The van der Waals surface area contributed by atoms with Crippen LogP contribution < -0.4 is 0 Å². The van der Waals surface area contributed by atoms with Gasteiger partial charge in [-0.05, 0) is 24.1 Å². The van der Waals surface area contributed by atoms with E-state index in [1.54, 1.807) is 0 Å². The molecule has 0 heterocycles. The molecule has 0 saturated heterocycles. The fourth-order valence-electron chi connectivity index (χ4n) is 0.421. The first-order valence-corrected chi connectivity index (χ1v) is 3.56. The van der Waals surface area contributed by atoms with Crippen LogP contribution in [0.15, 0.2) is 0 Å². The van der Waals surface area contributed by atoms with E-state index in [2.05, 4.69) is 24.4 Å². The van der Waals surface area contributed by atoms with Gasteiger partial charge in [-0.3, -0.25) is 4.79 Å². The molecule has 3 heteroatoms. The van der Waals surface area contributed by atoms with Crippen LogP contribution in [0.1, 0.15) is 13.3 Å². The summed E-state index contributed by atoms with van der Waals surface area (Å²) in [5.74, 6) is -0.0522.